The number of halogens is 3. The van der Waals surface area contributed by atoms with Crippen LogP contribution in [0.3, 0.4) is 0 Å². The maximum atomic E-state index is 13.0. The van der Waals surface area contributed by atoms with Crippen LogP contribution in [0.25, 0.3) is 10.9 Å². The number of amides is 1. The maximum Gasteiger partial charge on any atom is 0.394 e. The van der Waals surface area contributed by atoms with E-state index in [1.165, 1.54) is 0 Å². The fourth-order valence-corrected chi connectivity index (χ4v) is 3.33. The third kappa shape index (κ3) is 3.47. The minimum atomic E-state index is -4.63. The van der Waals surface area contributed by atoms with Crippen molar-refractivity contribution in [2.24, 2.45) is 11.8 Å². The van der Waals surface area contributed by atoms with E-state index in [9.17, 15) is 22.8 Å². The number of carbonyl (C=O) groups excluding carboxylic acids is 1. The molecule has 8 heteroatoms. The summed E-state index contributed by atoms with van der Waals surface area (Å²) in [5.74, 6) is -5.59. The summed E-state index contributed by atoms with van der Waals surface area (Å²) in [4.78, 5) is 27.4. The van der Waals surface area contributed by atoms with Gasteiger partial charge in [0, 0.05) is 36.6 Å². The average molecular weight is 354 g/mol. The summed E-state index contributed by atoms with van der Waals surface area (Å²) in [5.41, 5.74) is 1.83. The van der Waals surface area contributed by atoms with Crippen LogP contribution >= 0.6 is 0 Å². The summed E-state index contributed by atoms with van der Waals surface area (Å²) in [6.07, 6.45) is -2.43. The third-order valence-electron chi connectivity index (χ3n) is 4.69. The van der Waals surface area contributed by atoms with Crippen LogP contribution in [0.15, 0.2) is 30.5 Å². The Morgan fingerprint density at radius 1 is 1.24 bits per heavy atom. The summed E-state index contributed by atoms with van der Waals surface area (Å²) in [6.45, 7) is -0.987. The molecule has 3 rings (SSSR count). The van der Waals surface area contributed by atoms with Gasteiger partial charge in [0.2, 0.25) is 5.91 Å². The number of hydrogen-bond acceptors (Lipinski definition) is 2. The Hall–Kier alpha value is -2.51. The Morgan fingerprint density at radius 2 is 1.96 bits per heavy atom. The molecule has 1 aromatic heterocycles. The normalized spacial score (nSPS) is 21.0. The maximum absolute atomic E-state index is 13.0. The number of nitrogens with zero attached hydrogens (tertiary/aromatic N) is 1. The van der Waals surface area contributed by atoms with Gasteiger partial charge in [0.15, 0.2) is 0 Å². The van der Waals surface area contributed by atoms with Gasteiger partial charge in [-0.3, -0.25) is 9.59 Å². The average Bonchev–Trinajstić information content (AvgIpc) is 3.17. The zero-order chi connectivity index (χ0) is 18.2. The highest BCUT2D eigenvalue weighted by Crippen LogP contribution is 2.38. The molecule has 1 aliphatic heterocycles. The molecule has 0 spiro atoms. The molecule has 2 heterocycles. The SMILES string of the molecule is O=C(O)[C@@H]1CN(C(=O)CCc2c[nH]c3ccccc23)C[C@H]1C(F)(F)F. The summed E-state index contributed by atoms with van der Waals surface area (Å²) in [5, 5.41) is 9.97. The molecule has 134 valence electrons. The van der Waals surface area contributed by atoms with Gasteiger partial charge < -0.3 is 15.0 Å². The van der Waals surface area contributed by atoms with Crippen molar-refractivity contribution in [1.82, 2.24) is 9.88 Å². The summed E-state index contributed by atoms with van der Waals surface area (Å²) in [6, 6.07) is 7.54. The van der Waals surface area contributed by atoms with Crippen LogP contribution in [0, 0.1) is 11.8 Å². The number of likely N-dealkylation sites (tertiary alicyclic amines) is 1. The second-order valence-corrected chi connectivity index (χ2v) is 6.25. The topological polar surface area (TPSA) is 73.4 Å². The van der Waals surface area contributed by atoms with E-state index in [0.717, 1.165) is 21.4 Å². The molecule has 1 aliphatic rings. The number of carboxylic acid groups (broad SMARTS) is 1. The monoisotopic (exact) mass is 354 g/mol. The van der Waals surface area contributed by atoms with Crippen molar-refractivity contribution in [3.8, 4) is 0 Å². The van der Waals surface area contributed by atoms with E-state index < -0.39 is 43.0 Å². The van der Waals surface area contributed by atoms with Gasteiger partial charge in [0.05, 0.1) is 11.8 Å². The van der Waals surface area contributed by atoms with E-state index in [1.54, 1.807) is 6.20 Å². The van der Waals surface area contributed by atoms with Crippen LogP contribution in [0.5, 0.6) is 0 Å². The molecule has 0 saturated carbocycles. The first-order valence-electron chi connectivity index (χ1n) is 7.89. The molecular formula is C17H17F3N2O3. The lowest BCUT2D eigenvalue weighted by Gasteiger charge is -2.18. The number of carbonyl (C=O) groups is 2. The lowest BCUT2D eigenvalue weighted by Crippen LogP contribution is -2.34. The number of aryl methyl sites for hydroxylation is 1. The van der Waals surface area contributed by atoms with Crippen LogP contribution in [-0.4, -0.2) is 46.1 Å². The van der Waals surface area contributed by atoms with Gasteiger partial charge in [0.1, 0.15) is 0 Å². The number of alkyl halides is 3. The Balaban J connectivity index is 1.66. The van der Waals surface area contributed by atoms with Crippen molar-refractivity contribution >= 4 is 22.8 Å². The van der Waals surface area contributed by atoms with Gasteiger partial charge in [-0.2, -0.15) is 13.2 Å². The molecule has 2 atom stereocenters. The lowest BCUT2D eigenvalue weighted by atomic mass is 9.96. The van der Waals surface area contributed by atoms with E-state index in [-0.39, 0.29) is 6.42 Å². The second-order valence-electron chi connectivity index (χ2n) is 6.25. The molecule has 5 nitrogen and oxygen atoms in total. The first kappa shape index (κ1) is 17.3. The molecule has 1 amide bonds. The number of benzene rings is 1. The Morgan fingerprint density at radius 3 is 2.60 bits per heavy atom. The molecule has 0 radical (unpaired) electrons. The number of fused-ring (bicyclic) bond motifs is 1. The molecule has 2 N–H and O–H groups in total. The number of hydrogen-bond donors (Lipinski definition) is 2. The smallest absolute Gasteiger partial charge is 0.394 e. The Bertz CT molecular complexity index is 800. The molecule has 25 heavy (non-hydrogen) atoms. The van der Waals surface area contributed by atoms with E-state index in [1.807, 2.05) is 24.3 Å². The number of para-hydroxylation sites is 1. The number of H-pyrrole nitrogens is 1. The number of aromatic amines is 1. The highest BCUT2D eigenvalue weighted by atomic mass is 19.4. The zero-order valence-electron chi connectivity index (χ0n) is 13.2. The standard InChI is InChI=1S/C17H17F3N2O3/c18-17(19,20)13-9-22(8-12(13)16(24)25)15(23)6-5-10-7-21-14-4-2-1-3-11(10)14/h1-4,7,12-13,21H,5-6,8-9H2,(H,24,25)/t12-,13-/m1/s1. The summed E-state index contributed by atoms with van der Waals surface area (Å²) >= 11 is 0. The highest BCUT2D eigenvalue weighted by Gasteiger charge is 2.53. The van der Waals surface area contributed by atoms with E-state index in [4.69, 9.17) is 5.11 Å². The summed E-state index contributed by atoms with van der Waals surface area (Å²) in [7, 11) is 0. The quantitative estimate of drug-likeness (QED) is 0.887. The molecule has 0 aliphatic carbocycles. The number of carboxylic acids is 1. The van der Waals surface area contributed by atoms with Gasteiger partial charge in [-0.25, -0.2) is 0 Å². The Labute approximate surface area is 141 Å². The highest BCUT2D eigenvalue weighted by molar-refractivity contribution is 5.84. The van der Waals surface area contributed by atoms with Crippen molar-refractivity contribution in [2.45, 2.75) is 19.0 Å². The first-order chi connectivity index (χ1) is 11.8. The predicted molar refractivity (Wildman–Crippen MR) is 83.9 cm³/mol. The van der Waals surface area contributed by atoms with Crippen LogP contribution in [0.1, 0.15) is 12.0 Å². The van der Waals surface area contributed by atoms with Crippen molar-refractivity contribution in [2.75, 3.05) is 13.1 Å². The zero-order valence-corrected chi connectivity index (χ0v) is 13.2. The molecule has 1 aromatic carbocycles. The van der Waals surface area contributed by atoms with Crippen molar-refractivity contribution in [3.63, 3.8) is 0 Å². The lowest BCUT2D eigenvalue weighted by molar-refractivity contribution is -0.188. The molecule has 0 unspecified atom stereocenters. The molecular weight excluding hydrogens is 337 g/mol. The number of nitrogens with one attached hydrogen (secondary N) is 1. The number of aliphatic carboxylic acids is 1. The van der Waals surface area contributed by atoms with E-state index >= 15 is 0 Å². The van der Waals surface area contributed by atoms with Gasteiger partial charge in [0.25, 0.3) is 0 Å². The minimum Gasteiger partial charge on any atom is -0.481 e. The molecule has 0 bridgehead atoms. The van der Waals surface area contributed by atoms with Crippen LogP contribution in [-0.2, 0) is 16.0 Å². The van der Waals surface area contributed by atoms with Gasteiger partial charge in [-0.15, -0.1) is 0 Å². The fraction of sp³-hybridized carbons (Fsp3) is 0.412. The van der Waals surface area contributed by atoms with E-state index in [2.05, 4.69) is 4.98 Å². The largest absolute Gasteiger partial charge is 0.481 e. The van der Waals surface area contributed by atoms with Gasteiger partial charge in [-0.05, 0) is 18.1 Å². The van der Waals surface area contributed by atoms with Gasteiger partial charge >= 0.3 is 12.1 Å². The van der Waals surface area contributed by atoms with Crippen LogP contribution in [0.4, 0.5) is 13.2 Å². The second kappa shape index (κ2) is 6.42. The minimum absolute atomic E-state index is 0.0404. The van der Waals surface area contributed by atoms with Crippen LogP contribution < -0.4 is 0 Å². The Kier molecular flexibility index (Phi) is 4.45. The number of rotatable bonds is 4. The molecule has 2 aromatic rings. The van der Waals surface area contributed by atoms with E-state index in [0.29, 0.717) is 6.42 Å². The van der Waals surface area contributed by atoms with Gasteiger partial charge in [-0.1, -0.05) is 18.2 Å². The summed E-state index contributed by atoms with van der Waals surface area (Å²) < 4.78 is 39.0. The first-order valence-corrected chi connectivity index (χ1v) is 7.89. The third-order valence-corrected chi connectivity index (χ3v) is 4.69. The predicted octanol–water partition coefficient (Wildman–Crippen LogP) is 2.82. The van der Waals surface area contributed by atoms with Crippen molar-refractivity contribution < 1.29 is 27.9 Å². The number of aromatic nitrogens is 1. The van der Waals surface area contributed by atoms with Crippen LogP contribution in [0.2, 0.25) is 0 Å². The fourth-order valence-electron chi connectivity index (χ4n) is 3.33. The molecule has 1 fully saturated rings. The molecule has 1 saturated heterocycles. The van der Waals surface area contributed by atoms with Crippen molar-refractivity contribution in [1.29, 1.82) is 0 Å². The van der Waals surface area contributed by atoms with Crippen molar-refractivity contribution in [3.05, 3.63) is 36.0 Å².